The lowest BCUT2D eigenvalue weighted by molar-refractivity contribution is 0.196. The molecule has 0 aliphatic carbocycles. The number of hydrogen-bond acceptors (Lipinski definition) is 4. The predicted molar refractivity (Wildman–Crippen MR) is 129 cm³/mol. The van der Waals surface area contributed by atoms with Crippen molar-refractivity contribution in [3.05, 3.63) is 59.9 Å². The Kier molecular flexibility index (Phi) is 6.98. The molecule has 2 heterocycles. The molecule has 0 radical (unpaired) electrons. The van der Waals surface area contributed by atoms with Crippen molar-refractivity contribution in [1.82, 2.24) is 18.8 Å². The Morgan fingerprint density at radius 1 is 1.00 bits per heavy atom. The van der Waals surface area contributed by atoms with E-state index in [1.165, 1.54) is 5.56 Å². The lowest BCUT2D eigenvalue weighted by Gasteiger charge is -2.26. The van der Waals surface area contributed by atoms with Crippen molar-refractivity contribution in [1.29, 1.82) is 0 Å². The van der Waals surface area contributed by atoms with Crippen LogP contribution < -0.4 is 0 Å². The van der Waals surface area contributed by atoms with Crippen LogP contribution in [0.25, 0.3) is 11.0 Å². The van der Waals surface area contributed by atoms with Crippen LogP contribution in [0.15, 0.2) is 53.4 Å². The summed E-state index contributed by atoms with van der Waals surface area (Å²) in [5.41, 5.74) is 3.02. The molecule has 0 unspecified atom stereocenters. The maximum Gasteiger partial charge on any atom is 0.243 e. The molecule has 0 bridgehead atoms. The van der Waals surface area contributed by atoms with E-state index in [9.17, 15) is 8.42 Å². The number of nitrogens with zero attached hydrogens (tertiary/aromatic N) is 4. The monoisotopic (exact) mass is 454 g/mol. The number of imidazole rings is 1. The maximum absolute atomic E-state index is 13.1. The average Bonchev–Trinajstić information content (AvgIpc) is 3.16. The van der Waals surface area contributed by atoms with Gasteiger partial charge in [-0.25, -0.2) is 13.4 Å². The van der Waals surface area contributed by atoms with Gasteiger partial charge in [-0.15, -0.1) is 0 Å². The fourth-order valence-corrected chi connectivity index (χ4v) is 6.01. The van der Waals surface area contributed by atoms with E-state index in [0.717, 1.165) is 49.2 Å². The van der Waals surface area contributed by atoms with Gasteiger partial charge in [-0.3, -0.25) is 4.90 Å². The fourth-order valence-electron chi connectivity index (χ4n) is 4.47. The van der Waals surface area contributed by atoms with Crippen molar-refractivity contribution in [3.8, 4) is 0 Å². The molecule has 1 saturated heterocycles. The number of sulfonamides is 1. The average molecular weight is 455 g/mol. The summed E-state index contributed by atoms with van der Waals surface area (Å²) in [6, 6.07) is 16.2. The largest absolute Gasteiger partial charge is 0.327 e. The molecule has 0 N–H and O–H groups in total. The SMILES string of the molecule is CCn1c(CN(Cc2ccccc2)C(C)C)nc2cc(S(=O)(=O)N3CCCCC3)ccc21. The van der Waals surface area contributed by atoms with Gasteiger partial charge in [0.25, 0.3) is 0 Å². The first-order chi connectivity index (χ1) is 15.4. The molecule has 0 atom stereocenters. The van der Waals surface area contributed by atoms with E-state index in [4.69, 9.17) is 4.98 Å². The quantitative estimate of drug-likeness (QED) is 0.497. The van der Waals surface area contributed by atoms with E-state index in [1.807, 2.05) is 12.1 Å². The summed E-state index contributed by atoms with van der Waals surface area (Å²) in [6.07, 6.45) is 2.97. The summed E-state index contributed by atoms with van der Waals surface area (Å²) in [4.78, 5) is 7.65. The van der Waals surface area contributed by atoms with Crippen LogP contribution in [0, 0.1) is 0 Å². The lowest BCUT2D eigenvalue weighted by atomic mass is 10.2. The highest BCUT2D eigenvalue weighted by Crippen LogP contribution is 2.26. The van der Waals surface area contributed by atoms with Crippen LogP contribution in [0.3, 0.4) is 0 Å². The second kappa shape index (κ2) is 9.73. The molecule has 1 aliphatic rings. The summed E-state index contributed by atoms with van der Waals surface area (Å²) >= 11 is 0. The van der Waals surface area contributed by atoms with E-state index in [-0.39, 0.29) is 0 Å². The normalized spacial score (nSPS) is 15.8. The predicted octanol–water partition coefficient (Wildman–Crippen LogP) is 4.64. The highest BCUT2D eigenvalue weighted by Gasteiger charge is 2.27. The number of aryl methyl sites for hydroxylation is 1. The highest BCUT2D eigenvalue weighted by atomic mass is 32.2. The van der Waals surface area contributed by atoms with E-state index < -0.39 is 10.0 Å². The molecule has 6 nitrogen and oxygen atoms in total. The van der Waals surface area contributed by atoms with Gasteiger partial charge in [0.1, 0.15) is 5.82 Å². The van der Waals surface area contributed by atoms with E-state index in [1.54, 1.807) is 16.4 Å². The van der Waals surface area contributed by atoms with Gasteiger partial charge in [-0.05, 0) is 57.4 Å². The Balaban J connectivity index is 1.64. The van der Waals surface area contributed by atoms with E-state index in [2.05, 4.69) is 54.5 Å². The molecule has 7 heteroatoms. The van der Waals surface area contributed by atoms with Gasteiger partial charge in [0.2, 0.25) is 10.0 Å². The molecule has 1 fully saturated rings. The Bertz CT molecular complexity index is 1150. The number of rotatable bonds is 8. The third kappa shape index (κ3) is 4.75. The minimum atomic E-state index is -3.47. The summed E-state index contributed by atoms with van der Waals surface area (Å²) in [5.74, 6) is 0.972. The van der Waals surface area contributed by atoms with Gasteiger partial charge in [0, 0.05) is 32.2 Å². The third-order valence-electron chi connectivity index (χ3n) is 6.37. The van der Waals surface area contributed by atoms with Gasteiger partial charge in [-0.1, -0.05) is 36.8 Å². The van der Waals surface area contributed by atoms with Crippen LogP contribution in [-0.4, -0.2) is 46.3 Å². The molecule has 0 saturated carbocycles. The Morgan fingerprint density at radius 3 is 2.38 bits per heavy atom. The van der Waals surface area contributed by atoms with Crippen molar-refractivity contribution < 1.29 is 8.42 Å². The first-order valence-corrected chi connectivity index (χ1v) is 13.1. The smallest absolute Gasteiger partial charge is 0.243 e. The molecular weight excluding hydrogens is 420 g/mol. The standard InChI is InChI=1S/C25H34N4O2S/c1-4-29-24-14-13-22(32(30,31)28-15-9-6-10-16-28)17-23(24)26-25(29)19-27(20(2)3)18-21-11-7-5-8-12-21/h5,7-8,11-14,17,20H,4,6,9-10,15-16,18-19H2,1-3H3. The summed E-state index contributed by atoms with van der Waals surface area (Å²) < 4.78 is 30.1. The maximum atomic E-state index is 13.1. The molecule has 1 aliphatic heterocycles. The molecule has 32 heavy (non-hydrogen) atoms. The van der Waals surface area contributed by atoms with Crippen molar-refractivity contribution in [2.45, 2.75) is 70.6 Å². The molecule has 1 aromatic heterocycles. The van der Waals surface area contributed by atoms with Gasteiger partial charge < -0.3 is 4.57 Å². The number of benzene rings is 2. The van der Waals surface area contributed by atoms with Crippen LogP contribution in [0.4, 0.5) is 0 Å². The minimum Gasteiger partial charge on any atom is -0.327 e. The van der Waals surface area contributed by atoms with Crippen LogP contribution in [0.1, 0.15) is 51.4 Å². The number of piperidine rings is 1. The summed E-state index contributed by atoms with van der Waals surface area (Å²) in [5, 5.41) is 0. The first-order valence-electron chi connectivity index (χ1n) is 11.7. The lowest BCUT2D eigenvalue weighted by Crippen LogP contribution is -2.35. The summed E-state index contributed by atoms with van der Waals surface area (Å²) in [7, 11) is -3.47. The minimum absolute atomic E-state index is 0.351. The van der Waals surface area contributed by atoms with Crippen LogP contribution in [0.5, 0.6) is 0 Å². The van der Waals surface area contributed by atoms with Gasteiger partial charge >= 0.3 is 0 Å². The zero-order valence-electron chi connectivity index (χ0n) is 19.4. The number of hydrogen-bond donors (Lipinski definition) is 0. The van der Waals surface area contributed by atoms with Gasteiger partial charge in [0.05, 0.1) is 22.5 Å². The van der Waals surface area contributed by atoms with Crippen molar-refractivity contribution in [2.24, 2.45) is 0 Å². The molecule has 2 aromatic carbocycles. The number of fused-ring (bicyclic) bond motifs is 1. The van der Waals surface area contributed by atoms with Gasteiger partial charge in [-0.2, -0.15) is 4.31 Å². The Labute approximate surface area is 191 Å². The molecule has 4 rings (SSSR count). The molecule has 0 amide bonds. The second-order valence-electron chi connectivity index (χ2n) is 8.87. The fraction of sp³-hybridized carbons (Fsp3) is 0.480. The second-order valence-corrected chi connectivity index (χ2v) is 10.8. The van der Waals surface area contributed by atoms with Crippen molar-refractivity contribution in [2.75, 3.05) is 13.1 Å². The Morgan fingerprint density at radius 2 is 1.72 bits per heavy atom. The van der Waals surface area contributed by atoms with Crippen molar-refractivity contribution >= 4 is 21.1 Å². The van der Waals surface area contributed by atoms with Gasteiger partial charge in [0.15, 0.2) is 0 Å². The van der Waals surface area contributed by atoms with Crippen LogP contribution in [0.2, 0.25) is 0 Å². The Hall–Kier alpha value is -2.22. The summed E-state index contributed by atoms with van der Waals surface area (Å²) in [6.45, 7) is 10.1. The molecule has 0 spiro atoms. The topological polar surface area (TPSA) is 58.4 Å². The van der Waals surface area contributed by atoms with Crippen LogP contribution >= 0.6 is 0 Å². The first kappa shape index (κ1) is 23.0. The molecule has 172 valence electrons. The van der Waals surface area contributed by atoms with E-state index >= 15 is 0 Å². The third-order valence-corrected chi connectivity index (χ3v) is 8.27. The zero-order valence-corrected chi connectivity index (χ0v) is 20.2. The number of aromatic nitrogens is 2. The molecule has 3 aromatic rings. The zero-order chi connectivity index (χ0) is 22.7. The van der Waals surface area contributed by atoms with Crippen molar-refractivity contribution in [3.63, 3.8) is 0 Å². The molecular formula is C25H34N4O2S. The highest BCUT2D eigenvalue weighted by molar-refractivity contribution is 7.89. The van der Waals surface area contributed by atoms with Crippen LogP contribution in [-0.2, 0) is 29.7 Å². The van der Waals surface area contributed by atoms with E-state index in [0.29, 0.717) is 30.6 Å².